The number of benzene rings is 2. The van der Waals surface area contributed by atoms with Crippen LogP contribution in [0.5, 0.6) is 5.75 Å². The van der Waals surface area contributed by atoms with Crippen LogP contribution < -0.4 is 10.1 Å². The molecule has 0 saturated carbocycles. The molecule has 0 aliphatic heterocycles. The molecular formula is C18H15N3O2. The van der Waals surface area contributed by atoms with E-state index in [1.54, 1.807) is 12.1 Å². The van der Waals surface area contributed by atoms with Gasteiger partial charge < -0.3 is 9.15 Å². The van der Waals surface area contributed by atoms with E-state index >= 15 is 0 Å². The summed E-state index contributed by atoms with van der Waals surface area (Å²) in [6.07, 6.45) is 1.84. The van der Waals surface area contributed by atoms with Gasteiger partial charge >= 0.3 is 6.02 Å². The highest BCUT2D eigenvalue weighted by molar-refractivity contribution is 5.79. The molecular weight excluding hydrogens is 290 g/mol. The van der Waals surface area contributed by atoms with Crippen molar-refractivity contribution >= 4 is 17.0 Å². The second-order valence-electron chi connectivity index (χ2n) is 4.95. The van der Waals surface area contributed by atoms with E-state index in [4.69, 9.17) is 14.4 Å². The molecule has 114 valence electrons. The van der Waals surface area contributed by atoms with E-state index in [-0.39, 0.29) is 12.1 Å². The predicted octanol–water partition coefficient (Wildman–Crippen LogP) is 4.00. The minimum atomic E-state index is -0.290. The zero-order valence-electron chi connectivity index (χ0n) is 12.6. The number of furan rings is 1. The van der Waals surface area contributed by atoms with E-state index in [0.717, 1.165) is 11.0 Å². The molecule has 0 unspecified atom stereocenters. The lowest BCUT2D eigenvalue weighted by Gasteiger charge is -2.09. The highest BCUT2D eigenvalue weighted by atomic mass is 16.5. The maximum atomic E-state index is 8.87. The minimum Gasteiger partial charge on any atom is -0.459 e. The van der Waals surface area contributed by atoms with Crippen LogP contribution in [-0.4, -0.2) is 6.02 Å². The SMILES string of the molecule is C[C@H](N=C(NC#N)Oc1ccccc1)c1cc2ccccc2o1. The number of nitrogens with one attached hydrogen (secondary N) is 1. The van der Waals surface area contributed by atoms with Crippen molar-refractivity contribution < 1.29 is 9.15 Å². The number of para-hydroxylation sites is 2. The second-order valence-corrected chi connectivity index (χ2v) is 4.95. The Morgan fingerprint density at radius 1 is 1.17 bits per heavy atom. The summed E-state index contributed by atoms with van der Waals surface area (Å²) in [5.41, 5.74) is 0.809. The molecule has 5 heteroatoms. The first-order valence-corrected chi connectivity index (χ1v) is 7.20. The van der Waals surface area contributed by atoms with E-state index in [0.29, 0.717) is 11.5 Å². The Labute approximate surface area is 133 Å². The Bertz CT molecular complexity index is 830. The standard InChI is InChI=1S/C18H15N3O2/c1-13(17-11-14-7-5-6-10-16(14)23-17)21-18(20-12-19)22-15-8-3-2-4-9-15/h2-11,13H,1H3,(H,20,21)/t13-/m0/s1. The van der Waals surface area contributed by atoms with Crippen molar-refractivity contribution in [1.82, 2.24) is 5.32 Å². The molecule has 0 bridgehead atoms. The number of fused-ring (bicyclic) bond motifs is 1. The molecule has 1 aromatic heterocycles. The number of hydrogen-bond acceptors (Lipinski definition) is 4. The van der Waals surface area contributed by atoms with Crippen LogP contribution in [0, 0.1) is 11.5 Å². The Balaban J connectivity index is 1.84. The number of hydrogen-bond donors (Lipinski definition) is 1. The van der Waals surface area contributed by atoms with Crippen LogP contribution in [0.3, 0.4) is 0 Å². The third-order valence-electron chi connectivity index (χ3n) is 3.29. The molecule has 1 atom stereocenters. The van der Waals surface area contributed by atoms with Gasteiger partial charge in [-0.2, -0.15) is 5.26 Å². The number of nitriles is 1. The number of amidine groups is 1. The highest BCUT2D eigenvalue weighted by Gasteiger charge is 2.13. The van der Waals surface area contributed by atoms with Gasteiger partial charge in [-0.3, -0.25) is 0 Å². The number of nitrogens with zero attached hydrogens (tertiary/aromatic N) is 2. The summed E-state index contributed by atoms with van der Waals surface area (Å²) >= 11 is 0. The number of ether oxygens (including phenoxy) is 1. The minimum absolute atomic E-state index is 0.131. The number of rotatable bonds is 3. The third kappa shape index (κ3) is 3.50. The van der Waals surface area contributed by atoms with Gasteiger partial charge in [-0.25, -0.2) is 10.3 Å². The summed E-state index contributed by atoms with van der Waals surface area (Å²) in [6, 6.07) is 18.7. The summed E-state index contributed by atoms with van der Waals surface area (Å²) in [6.45, 7) is 1.88. The van der Waals surface area contributed by atoms with Gasteiger partial charge in [0.2, 0.25) is 0 Å². The largest absolute Gasteiger partial charge is 0.459 e. The maximum absolute atomic E-state index is 8.87. The van der Waals surface area contributed by atoms with Gasteiger partial charge in [0.25, 0.3) is 0 Å². The van der Waals surface area contributed by atoms with Crippen molar-refractivity contribution in [3.05, 3.63) is 66.4 Å². The molecule has 0 saturated heterocycles. The molecule has 0 amide bonds. The average Bonchev–Trinajstić information content (AvgIpc) is 3.00. The van der Waals surface area contributed by atoms with Gasteiger partial charge in [-0.1, -0.05) is 36.4 Å². The van der Waals surface area contributed by atoms with Gasteiger partial charge in [0.1, 0.15) is 23.1 Å². The highest BCUT2D eigenvalue weighted by Crippen LogP contribution is 2.25. The maximum Gasteiger partial charge on any atom is 0.304 e. The molecule has 0 aliphatic rings. The molecule has 2 aromatic carbocycles. The molecule has 1 heterocycles. The van der Waals surface area contributed by atoms with Crippen molar-refractivity contribution in [1.29, 1.82) is 5.26 Å². The fourth-order valence-electron chi connectivity index (χ4n) is 2.18. The van der Waals surface area contributed by atoms with Crippen molar-refractivity contribution in [3.8, 4) is 11.9 Å². The molecule has 0 aliphatic carbocycles. The second kappa shape index (κ2) is 6.67. The quantitative estimate of drug-likeness (QED) is 0.343. The molecule has 3 rings (SSSR count). The summed E-state index contributed by atoms with van der Waals surface area (Å²) in [5, 5.41) is 12.3. The zero-order chi connectivity index (χ0) is 16.1. The van der Waals surface area contributed by atoms with Crippen LogP contribution in [0.4, 0.5) is 0 Å². The summed E-state index contributed by atoms with van der Waals surface area (Å²) < 4.78 is 11.4. The van der Waals surface area contributed by atoms with Gasteiger partial charge in [-0.05, 0) is 31.2 Å². The third-order valence-corrected chi connectivity index (χ3v) is 3.29. The lowest BCUT2D eigenvalue weighted by molar-refractivity contribution is 0.488. The smallest absolute Gasteiger partial charge is 0.304 e. The van der Waals surface area contributed by atoms with Crippen molar-refractivity contribution in [3.63, 3.8) is 0 Å². The Morgan fingerprint density at radius 2 is 1.91 bits per heavy atom. The summed E-state index contributed by atoms with van der Waals surface area (Å²) in [7, 11) is 0. The van der Waals surface area contributed by atoms with Crippen molar-refractivity contribution in [2.75, 3.05) is 0 Å². The van der Waals surface area contributed by atoms with Crippen LogP contribution in [-0.2, 0) is 0 Å². The van der Waals surface area contributed by atoms with Crippen LogP contribution in [0.2, 0.25) is 0 Å². The fraction of sp³-hybridized carbons (Fsp3) is 0.111. The summed E-state index contributed by atoms with van der Waals surface area (Å²) in [4.78, 5) is 4.39. The molecule has 0 spiro atoms. The van der Waals surface area contributed by atoms with Crippen LogP contribution >= 0.6 is 0 Å². The van der Waals surface area contributed by atoms with E-state index in [1.807, 2.05) is 61.6 Å². The lowest BCUT2D eigenvalue weighted by atomic mass is 10.2. The first-order valence-electron chi connectivity index (χ1n) is 7.20. The Morgan fingerprint density at radius 3 is 2.65 bits per heavy atom. The molecule has 0 fully saturated rings. The molecule has 23 heavy (non-hydrogen) atoms. The molecule has 1 N–H and O–H groups in total. The van der Waals surface area contributed by atoms with Crippen molar-refractivity contribution in [2.45, 2.75) is 13.0 Å². The topological polar surface area (TPSA) is 70.5 Å². The molecule has 5 nitrogen and oxygen atoms in total. The first kappa shape index (κ1) is 14.7. The van der Waals surface area contributed by atoms with Crippen LogP contribution in [0.15, 0.2) is 70.1 Å². The lowest BCUT2D eigenvalue weighted by Crippen LogP contribution is -2.25. The monoisotopic (exact) mass is 305 g/mol. The normalized spacial score (nSPS) is 12.6. The van der Waals surface area contributed by atoms with Crippen LogP contribution in [0.25, 0.3) is 11.0 Å². The van der Waals surface area contributed by atoms with Gasteiger partial charge in [0.15, 0.2) is 6.19 Å². The predicted molar refractivity (Wildman–Crippen MR) is 87.9 cm³/mol. The number of aliphatic imine (C=N–C) groups is 1. The van der Waals surface area contributed by atoms with E-state index in [1.165, 1.54) is 0 Å². The van der Waals surface area contributed by atoms with Crippen LogP contribution in [0.1, 0.15) is 18.7 Å². The van der Waals surface area contributed by atoms with Gasteiger partial charge in [-0.15, -0.1) is 0 Å². The summed E-state index contributed by atoms with van der Waals surface area (Å²) in [5.74, 6) is 1.31. The van der Waals surface area contributed by atoms with Gasteiger partial charge in [0, 0.05) is 5.39 Å². The average molecular weight is 305 g/mol. The van der Waals surface area contributed by atoms with E-state index < -0.39 is 0 Å². The van der Waals surface area contributed by atoms with E-state index in [2.05, 4.69) is 10.3 Å². The Hall–Kier alpha value is -3.26. The zero-order valence-corrected chi connectivity index (χ0v) is 12.6. The molecule has 0 radical (unpaired) electrons. The van der Waals surface area contributed by atoms with Gasteiger partial charge in [0.05, 0.1) is 0 Å². The first-order chi connectivity index (χ1) is 11.3. The Kier molecular flexibility index (Phi) is 4.25. The van der Waals surface area contributed by atoms with E-state index in [9.17, 15) is 0 Å². The molecule has 3 aromatic rings. The fourth-order valence-corrected chi connectivity index (χ4v) is 2.18. The van der Waals surface area contributed by atoms with Crippen molar-refractivity contribution in [2.24, 2.45) is 4.99 Å².